The molecule has 0 radical (unpaired) electrons. The van der Waals surface area contributed by atoms with Crippen molar-refractivity contribution < 1.29 is 13.0 Å². The van der Waals surface area contributed by atoms with Gasteiger partial charge in [0.05, 0.1) is 12.2 Å². The summed E-state index contributed by atoms with van der Waals surface area (Å²) >= 11 is 8.56. The number of thiazole rings is 1. The Morgan fingerprint density at radius 3 is 2.34 bits per heavy atom. The minimum atomic E-state index is -4.39. The molecule has 3 aromatic rings. The summed E-state index contributed by atoms with van der Waals surface area (Å²) in [6, 6.07) is 13.1. The number of rotatable bonds is 6. The minimum absolute atomic E-state index is 0.0664. The van der Waals surface area contributed by atoms with Crippen molar-refractivity contribution in [3.8, 4) is 0 Å². The monoisotopic (exact) mass is 468 g/mol. The van der Waals surface area contributed by atoms with Gasteiger partial charge >= 0.3 is 0 Å². The summed E-state index contributed by atoms with van der Waals surface area (Å²) in [5.74, 6) is 0. The van der Waals surface area contributed by atoms with Gasteiger partial charge in [0.1, 0.15) is 4.90 Å². The van der Waals surface area contributed by atoms with Crippen LogP contribution >= 0.6 is 34.7 Å². The van der Waals surface area contributed by atoms with Crippen molar-refractivity contribution in [1.82, 2.24) is 4.98 Å². The number of nitrogens with zero attached hydrogens (tertiary/aromatic N) is 1. The molecule has 0 fully saturated rings. The average Bonchev–Trinajstić information content (AvgIpc) is 3.05. The third-order valence-electron chi connectivity index (χ3n) is 4.17. The molecule has 0 saturated heterocycles. The first kappa shape index (κ1) is 22.1. The smallest absolute Gasteiger partial charge is 0.296 e. The molecular weight excluding hydrogens is 448 g/mol. The fraction of sp³-hybridized carbons (Fsp3) is 0.250. The Morgan fingerprint density at radius 2 is 1.79 bits per heavy atom. The number of hydrogen-bond acceptors (Lipinski definition) is 6. The number of nitrogens with one attached hydrogen (secondary N) is 1. The fourth-order valence-electron chi connectivity index (χ4n) is 2.63. The lowest BCUT2D eigenvalue weighted by atomic mass is 9.87. The third kappa shape index (κ3) is 5.96. The number of anilines is 1. The number of hydrogen-bond donors (Lipinski definition) is 2. The molecule has 0 saturated carbocycles. The number of benzene rings is 2. The van der Waals surface area contributed by atoms with Crippen molar-refractivity contribution in [2.45, 2.75) is 47.4 Å². The lowest BCUT2D eigenvalue weighted by Crippen LogP contribution is -2.10. The molecule has 154 valence electrons. The molecule has 0 bridgehead atoms. The van der Waals surface area contributed by atoms with Crippen LogP contribution in [-0.4, -0.2) is 18.0 Å². The molecular formula is C20H21ClN2O3S3. The quantitative estimate of drug-likeness (QED) is 0.425. The van der Waals surface area contributed by atoms with Crippen LogP contribution in [0, 0.1) is 0 Å². The average molecular weight is 469 g/mol. The maximum Gasteiger partial charge on any atom is 0.296 e. The zero-order valence-corrected chi connectivity index (χ0v) is 19.3. The summed E-state index contributed by atoms with van der Waals surface area (Å²) in [5.41, 5.74) is 1.62. The zero-order chi connectivity index (χ0) is 21.2. The first-order chi connectivity index (χ1) is 13.5. The molecule has 1 heterocycles. The Hall–Kier alpha value is -1.58. The van der Waals surface area contributed by atoms with E-state index in [0.717, 1.165) is 9.77 Å². The van der Waals surface area contributed by atoms with Crippen molar-refractivity contribution >= 4 is 50.5 Å². The lowest BCUT2D eigenvalue weighted by Gasteiger charge is -2.19. The van der Waals surface area contributed by atoms with Gasteiger partial charge in [-0.2, -0.15) is 8.42 Å². The summed E-state index contributed by atoms with van der Waals surface area (Å²) in [4.78, 5) is 6.35. The molecule has 1 aromatic heterocycles. The summed E-state index contributed by atoms with van der Waals surface area (Å²) in [6.07, 6.45) is 1.62. The summed E-state index contributed by atoms with van der Waals surface area (Å²) in [5, 5.41) is 3.03. The first-order valence-electron chi connectivity index (χ1n) is 8.76. The maximum absolute atomic E-state index is 11.9. The van der Waals surface area contributed by atoms with Crippen LogP contribution in [0.15, 0.2) is 63.3 Å². The number of halogens is 1. The van der Waals surface area contributed by atoms with Crippen molar-refractivity contribution in [1.29, 1.82) is 0 Å². The predicted octanol–water partition coefficient (Wildman–Crippen LogP) is 6.10. The molecule has 0 atom stereocenters. The highest BCUT2D eigenvalue weighted by Gasteiger charge is 2.18. The van der Waals surface area contributed by atoms with Gasteiger partial charge in [-0.15, -0.1) is 11.3 Å². The van der Waals surface area contributed by atoms with Crippen molar-refractivity contribution in [2.75, 3.05) is 5.32 Å². The summed E-state index contributed by atoms with van der Waals surface area (Å²) in [7, 11) is -4.39. The van der Waals surface area contributed by atoms with Crippen LogP contribution in [0.1, 0.15) is 31.2 Å². The van der Waals surface area contributed by atoms with E-state index in [-0.39, 0.29) is 10.3 Å². The third-order valence-corrected chi connectivity index (χ3v) is 7.17. The van der Waals surface area contributed by atoms with E-state index in [4.69, 9.17) is 11.6 Å². The van der Waals surface area contributed by atoms with Gasteiger partial charge in [0.2, 0.25) is 0 Å². The fourth-order valence-corrected chi connectivity index (χ4v) is 5.18. The number of aromatic nitrogens is 1. The molecule has 0 unspecified atom stereocenters. The van der Waals surface area contributed by atoms with E-state index in [2.05, 4.69) is 43.2 Å². The Bertz CT molecular complexity index is 1100. The largest absolute Gasteiger partial charge is 0.379 e. The molecule has 2 N–H and O–H groups in total. The van der Waals surface area contributed by atoms with E-state index in [1.807, 2.05) is 18.2 Å². The van der Waals surface area contributed by atoms with Crippen LogP contribution in [0.4, 0.5) is 5.69 Å². The first-order valence-corrected chi connectivity index (χ1v) is 12.2. The van der Waals surface area contributed by atoms with E-state index in [0.29, 0.717) is 21.6 Å². The highest BCUT2D eigenvalue weighted by molar-refractivity contribution is 7.99. The maximum atomic E-state index is 11.9. The highest BCUT2D eigenvalue weighted by Crippen LogP contribution is 2.34. The van der Waals surface area contributed by atoms with Crippen LogP contribution in [-0.2, 0) is 22.1 Å². The Kier molecular flexibility index (Phi) is 6.60. The van der Waals surface area contributed by atoms with E-state index >= 15 is 0 Å². The lowest BCUT2D eigenvalue weighted by molar-refractivity contribution is 0.483. The second-order valence-electron chi connectivity index (χ2n) is 7.44. The molecule has 2 aromatic carbocycles. The van der Waals surface area contributed by atoms with Crippen LogP contribution in [0.3, 0.4) is 0 Å². The summed E-state index contributed by atoms with van der Waals surface area (Å²) < 4.78 is 33.9. The molecule has 0 aliphatic carbocycles. The molecule has 0 spiro atoms. The molecule has 29 heavy (non-hydrogen) atoms. The van der Waals surface area contributed by atoms with Crippen LogP contribution in [0.2, 0.25) is 4.47 Å². The second-order valence-corrected chi connectivity index (χ2v) is 11.7. The zero-order valence-electron chi connectivity index (χ0n) is 16.1. The van der Waals surface area contributed by atoms with E-state index in [1.54, 1.807) is 12.3 Å². The van der Waals surface area contributed by atoms with Crippen molar-refractivity contribution in [3.63, 3.8) is 0 Å². The van der Waals surface area contributed by atoms with Gasteiger partial charge in [0.15, 0.2) is 4.47 Å². The Labute approximate surface area is 184 Å². The standard InChI is InChI=1S/C20H21ClN2O3S3/c1-20(2,3)13-4-6-14(7-5-13)27-15-8-9-17(18(10-15)29(24,25)26)22-11-16-12-23-19(21)28-16/h4-10,12,22H,11H2,1-3H3,(H,24,25,26). The Morgan fingerprint density at radius 1 is 1.14 bits per heavy atom. The highest BCUT2D eigenvalue weighted by atomic mass is 35.5. The van der Waals surface area contributed by atoms with Gasteiger partial charge in [-0.05, 0) is 41.3 Å². The Balaban J connectivity index is 1.81. The predicted molar refractivity (Wildman–Crippen MR) is 120 cm³/mol. The molecule has 0 aliphatic rings. The normalized spacial score (nSPS) is 12.2. The molecule has 0 aliphatic heterocycles. The molecule has 0 amide bonds. The van der Waals surface area contributed by atoms with Gasteiger partial charge in [-0.25, -0.2) is 4.98 Å². The van der Waals surface area contributed by atoms with Crippen LogP contribution < -0.4 is 5.32 Å². The van der Waals surface area contributed by atoms with Crippen LogP contribution in [0.25, 0.3) is 0 Å². The van der Waals surface area contributed by atoms with E-state index < -0.39 is 10.1 Å². The van der Waals surface area contributed by atoms with Gasteiger partial charge in [0.25, 0.3) is 10.1 Å². The van der Waals surface area contributed by atoms with Gasteiger partial charge in [-0.3, -0.25) is 4.55 Å². The van der Waals surface area contributed by atoms with E-state index in [9.17, 15) is 13.0 Å². The minimum Gasteiger partial charge on any atom is -0.379 e. The summed E-state index contributed by atoms with van der Waals surface area (Å²) in [6.45, 7) is 6.81. The molecule has 3 rings (SSSR count). The molecule has 5 nitrogen and oxygen atoms in total. The SMILES string of the molecule is CC(C)(C)c1ccc(Sc2ccc(NCc3cnc(Cl)s3)c(S(=O)(=O)O)c2)cc1. The van der Waals surface area contributed by atoms with Gasteiger partial charge in [0, 0.05) is 20.9 Å². The molecule has 9 heteroatoms. The van der Waals surface area contributed by atoms with Crippen molar-refractivity contribution in [3.05, 3.63) is 63.6 Å². The second kappa shape index (κ2) is 8.65. The van der Waals surface area contributed by atoms with Gasteiger partial charge in [-0.1, -0.05) is 56.3 Å². The topological polar surface area (TPSA) is 79.3 Å². The van der Waals surface area contributed by atoms with Crippen molar-refractivity contribution in [2.24, 2.45) is 0 Å². The van der Waals surface area contributed by atoms with Crippen LogP contribution in [0.5, 0.6) is 0 Å². The van der Waals surface area contributed by atoms with Gasteiger partial charge < -0.3 is 5.32 Å². The van der Waals surface area contributed by atoms with E-state index in [1.165, 1.54) is 34.7 Å².